The van der Waals surface area contributed by atoms with E-state index < -0.39 is 0 Å². The molecule has 1 aromatic carbocycles. The third-order valence-corrected chi connectivity index (χ3v) is 4.16. The Hall–Kier alpha value is -2.38. The Balaban J connectivity index is 1.62. The van der Waals surface area contributed by atoms with Crippen molar-refractivity contribution in [2.75, 3.05) is 5.32 Å². The molecule has 0 unspecified atom stereocenters. The summed E-state index contributed by atoms with van der Waals surface area (Å²) in [6.45, 7) is 2.15. The van der Waals surface area contributed by atoms with Crippen LogP contribution in [0, 0.1) is 6.92 Å². The molecule has 0 spiro atoms. The van der Waals surface area contributed by atoms with Crippen LogP contribution in [-0.4, -0.2) is 16.2 Å². The number of aryl methyl sites for hydroxylation is 1. The number of nitrogens with one attached hydrogen (secondary N) is 2. The van der Waals surface area contributed by atoms with E-state index in [1.807, 2.05) is 17.5 Å². The lowest BCUT2D eigenvalue weighted by Crippen LogP contribution is -2.28. The van der Waals surface area contributed by atoms with Crippen molar-refractivity contribution in [2.24, 2.45) is 0 Å². The van der Waals surface area contributed by atoms with E-state index in [0.29, 0.717) is 29.0 Å². The van der Waals surface area contributed by atoms with Crippen LogP contribution in [-0.2, 0) is 6.54 Å². The van der Waals surface area contributed by atoms with Gasteiger partial charge in [0.1, 0.15) is 4.88 Å². The van der Waals surface area contributed by atoms with Crippen molar-refractivity contribution in [3.05, 3.63) is 52.1 Å². The minimum absolute atomic E-state index is 0.309. The first-order chi connectivity index (χ1) is 11.1. The van der Waals surface area contributed by atoms with Crippen LogP contribution >= 0.6 is 22.9 Å². The Morgan fingerprint density at radius 2 is 2.09 bits per heavy atom. The molecule has 3 rings (SSSR count). The number of benzene rings is 1. The summed E-state index contributed by atoms with van der Waals surface area (Å²) in [5, 5.41) is 11.8. The molecule has 118 valence electrons. The first-order valence-electron chi connectivity index (χ1n) is 6.79. The smallest absolute Gasteiger partial charge is 0.319 e. The van der Waals surface area contributed by atoms with Gasteiger partial charge in [-0.2, -0.15) is 4.98 Å². The lowest BCUT2D eigenvalue weighted by Gasteiger charge is -2.07. The molecule has 2 aromatic heterocycles. The molecule has 6 nitrogen and oxygen atoms in total. The zero-order valence-electron chi connectivity index (χ0n) is 12.2. The van der Waals surface area contributed by atoms with Gasteiger partial charge in [-0.15, -0.1) is 11.3 Å². The number of carbonyl (C=O) groups excluding carboxylic acids is 1. The molecule has 0 saturated heterocycles. The number of aromatic nitrogens is 2. The maximum atomic E-state index is 12.0. The fourth-order valence-electron chi connectivity index (χ4n) is 1.91. The molecule has 0 aliphatic carbocycles. The number of nitrogens with zero attached hydrogens (tertiary/aromatic N) is 2. The van der Waals surface area contributed by atoms with E-state index in [9.17, 15) is 4.79 Å². The minimum Gasteiger partial charge on any atom is -0.334 e. The second-order valence-corrected chi connectivity index (χ2v) is 6.10. The maximum absolute atomic E-state index is 12.0. The second kappa shape index (κ2) is 6.80. The number of urea groups is 1. The van der Waals surface area contributed by atoms with Gasteiger partial charge in [-0.3, -0.25) is 0 Å². The van der Waals surface area contributed by atoms with Gasteiger partial charge in [-0.25, -0.2) is 4.79 Å². The normalized spacial score (nSPS) is 10.5. The second-order valence-electron chi connectivity index (χ2n) is 4.74. The largest absolute Gasteiger partial charge is 0.334 e. The number of anilines is 1. The van der Waals surface area contributed by atoms with Crippen molar-refractivity contribution in [3.63, 3.8) is 0 Å². The van der Waals surface area contributed by atoms with E-state index in [1.165, 1.54) is 11.3 Å². The van der Waals surface area contributed by atoms with Crippen molar-refractivity contribution in [1.29, 1.82) is 0 Å². The number of amides is 2. The van der Waals surface area contributed by atoms with Crippen LogP contribution in [0.1, 0.15) is 11.4 Å². The first-order valence-corrected chi connectivity index (χ1v) is 8.05. The van der Waals surface area contributed by atoms with Crippen LogP contribution in [0.5, 0.6) is 0 Å². The van der Waals surface area contributed by atoms with Crippen LogP contribution in [0.15, 0.2) is 40.2 Å². The average molecular weight is 349 g/mol. The number of halogens is 1. The molecule has 3 aromatic rings. The van der Waals surface area contributed by atoms with Crippen LogP contribution in [0.4, 0.5) is 10.5 Å². The monoisotopic (exact) mass is 348 g/mol. The first kappa shape index (κ1) is 15.5. The van der Waals surface area contributed by atoms with Gasteiger partial charge < -0.3 is 15.2 Å². The molecule has 2 amide bonds. The highest BCUT2D eigenvalue weighted by Crippen LogP contribution is 2.32. The Labute approximate surface area is 141 Å². The third kappa shape index (κ3) is 3.88. The summed E-state index contributed by atoms with van der Waals surface area (Å²) >= 11 is 7.25. The van der Waals surface area contributed by atoms with Gasteiger partial charge in [0.15, 0.2) is 5.82 Å². The number of carbonyl (C=O) groups is 1. The molecule has 0 fully saturated rings. The zero-order valence-corrected chi connectivity index (χ0v) is 13.7. The fraction of sp³-hybridized carbons (Fsp3) is 0.133. The molecule has 8 heteroatoms. The maximum Gasteiger partial charge on any atom is 0.319 e. The van der Waals surface area contributed by atoms with Gasteiger partial charge in [0, 0.05) is 11.6 Å². The molecule has 0 saturated carbocycles. The van der Waals surface area contributed by atoms with E-state index in [4.69, 9.17) is 16.1 Å². The molecule has 0 aliphatic heterocycles. The van der Waals surface area contributed by atoms with Gasteiger partial charge in [-0.1, -0.05) is 28.9 Å². The SMILES string of the molecule is Cc1noc(-c2sccc2NC(=O)NCc2ccc(Cl)cc2)n1. The Morgan fingerprint density at radius 1 is 1.30 bits per heavy atom. The average Bonchev–Trinajstić information content (AvgIpc) is 3.15. The highest BCUT2D eigenvalue weighted by Gasteiger charge is 2.15. The highest BCUT2D eigenvalue weighted by molar-refractivity contribution is 7.14. The van der Waals surface area contributed by atoms with Crippen molar-refractivity contribution < 1.29 is 9.32 Å². The molecule has 2 heterocycles. The van der Waals surface area contributed by atoms with Crippen LogP contribution in [0.3, 0.4) is 0 Å². The predicted octanol–water partition coefficient (Wildman–Crippen LogP) is 4.08. The lowest BCUT2D eigenvalue weighted by atomic mass is 10.2. The zero-order chi connectivity index (χ0) is 16.2. The van der Waals surface area contributed by atoms with Gasteiger partial charge in [0.05, 0.1) is 5.69 Å². The molecular weight excluding hydrogens is 336 g/mol. The summed E-state index contributed by atoms with van der Waals surface area (Å²) in [6, 6.07) is 8.77. The van der Waals surface area contributed by atoms with E-state index >= 15 is 0 Å². The number of thiophene rings is 1. The molecule has 0 bridgehead atoms. The molecule has 0 atom stereocenters. The number of hydrogen-bond acceptors (Lipinski definition) is 5. The highest BCUT2D eigenvalue weighted by atomic mass is 35.5. The minimum atomic E-state index is -0.309. The summed E-state index contributed by atoms with van der Waals surface area (Å²) in [7, 11) is 0. The lowest BCUT2D eigenvalue weighted by molar-refractivity contribution is 0.252. The van der Waals surface area contributed by atoms with Gasteiger partial charge >= 0.3 is 6.03 Å². The van der Waals surface area contributed by atoms with Crippen LogP contribution < -0.4 is 10.6 Å². The molecule has 0 aliphatic rings. The van der Waals surface area contributed by atoms with Crippen molar-refractivity contribution in [3.8, 4) is 10.8 Å². The van der Waals surface area contributed by atoms with Crippen LogP contribution in [0.2, 0.25) is 5.02 Å². The van der Waals surface area contributed by atoms with E-state index in [-0.39, 0.29) is 6.03 Å². The van der Waals surface area contributed by atoms with E-state index in [1.54, 1.807) is 25.1 Å². The molecule has 0 radical (unpaired) electrons. The standard InChI is InChI=1S/C15H13ClN4O2S/c1-9-18-14(22-20-9)13-12(6-7-23-13)19-15(21)17-8-10-2-4-11(16)5-3-10/h2-7H,8H2,1H3,(H2,17,19,21). The van der Waals surface area contributed by atoms with Gasteiger partial charge in [0.2, 0.25) is 0 Å². The Morgan fingerprint density at radius 3 is 2.78 bits per heavy atom. The third-order valence-electron chi connectivity index (χ3n) is 3.00. The quantitative estimate of drug-likeness (QED) is 0.744. The molecular formula is C15H13ClN4O2S. The summed E-state index contributed by atoms with van der Waals surface area (Å²) in [5.41, 5.74) is 1.59. The van der Waals surface area contributed by atoms with Gasteiger partial charge in [-0.05, 0) is 36.1 Å². The summed E-state index contributed by atoms with van der Waals surface area (Å²) < 4.78 is 5.14. The van der Waals surface area contributed by atoms with Gasteiger partial charge in [0.25, 0.3) is 5.89 Å². The summed E-state index contributed by atoms with van der Waals surface area (Å²) in [4.78, 5) is 16.9. The van der Waals surface area contributed by atoms with Crippen molar-refractivity contribution in [1.82, 2.24) is 15.5 Å². The van der Waals surface area contributed by atoms with E-state index in [2.05, 4.69) is 20.8 Å². The van der Waals surface area contributed by atoms with Crippen LogP contribution in [0.25, 0.3) is 10.8 Å². The van der Waals surface area contributed by atoms with Crippen molar-refractivity contribution >= 4 is 34.7 Å². The summed E-state index contributed by atoms with van der Waals surface area (Å²) in [6.07, 6.45) is 0. The van der Waals surface area contributed by atoms with Crippen molar-refractivity contribution in [2.45, 2.75) is 13.5 Å². The fourth-order valence-corrected chi connectivity index (χ4v) is 2.81. The predicted molar refractivity (Wildman–Crippen MR) is 89.7 cm³/mol. The topological polar surface area (TPSA) is 80.0 Å². The molecule has 23 heavy (non-hydrogen) atoms. The number of rotatable bonds is 4. The summed E-state index contributed by atoms with van der Waals surface area (Å²) in [5.74, 6) is 0.942. The Kier molecular flexibility index (Phi) is 4.59. The van der Waals surface area contributed by atoms with E-state index in [0.717, 1.165) is 10.4 Å². The molecule has 2 N–H and O–H groups in total. The Bertz CT molecular complexity index is 813. The number of hydrogen-bond donors (Lipinski definition) is 2.